The number of piperazine rings is 1. The Morgan fingerprint density at radius 2 is 1.79 bits per heavy atom. The summed E-state index contributed by atoms with van der Waals surface area (Å²) < 4.78 is 0. The summed E-state index contributed by atoms with van der Waals surface area (Å²) in [6.45, 7) is 12.3. The van der Waals surface area contributed by atoms with Gasteiger partial charge in [-0.1, -0.05) is 27.2 Å². The van der Waals surface area contributed by atoms with E-state index in [2.05, 4.69) is 19.2 Å². The van der Waals surface area contributed by atoms with Crippen molar-refractivity contribution >= 4 is 11.8 Å². The molecule has 0 aliphatic carbocycles. The zero-order valence-electron chi connectivity index (χ0n) is 13.2. The lowest BCUT2D eigenvalue weighted by Gasteiger charge is -2.49. The summed E-state index contributed by atoms with van der Waals surface area (Å²) in [5.41, 5.74) is -1.51. The lowest BCUT2D eigenvalue weighted by Crippen LogP contribution is -2.73. The first-order chi connectivity index (χ1) is 8.69. The van der Waals surface area contributed by atoms with Crippen LogP contribution < -0.4 is 5.32 Å². The van der Waals surface area contributed by atoms with E-state index in [1.165, 1.54) is 0 Å². The zero-order valence-corrected chi connectivity index (χ0v) is 13.2. The van der Waals surface area contributed by atoms with Gasteiger partial charge in [0, 0.05) is 6.54 Å². The number of nitrogens with one attached hydrogen (secondary N) is 1. The van der Waals surface area contributed by atoms with Gasteiger partial charge in [-0.3, -0.25) is 9.59 Å². The fourth-order valence-corrected chi connectivity index (χ4v) is 2.58. The van der Waals surface area contributed by atoms with Crippen molar-refractivity contribution < 1.29 is 9.59 Å². The Labute approximate surface area is 116 Å². The first kappa shape index (κ1) is 16.0. The Morgan fingerprint density at radius 3 is 2.26 bits per heavy atom. The Morgan fingerprint density at radius 1 is 1.21 bits per heavy atom. The fourth-order valence-electron chi connectivity index (χ4n) is 2.58. The molecule has 2 atom stereocenters. The molecule has 1 saturated heterocycles. The first-order valence-electron chi connectivity index (χ1n) is 7.33. The van der Waals surface area contributed by atoms with Crippen LogP contribution in [-0.4, -0.2) is 34.3 Å². The van der Waals surface area contributed by atoms with Crippen LogP contribution in [0.2, 0.25) is 0 Å². The zero-order chi connectivity index (χ0) is 14.8. The molecular weight excluding hydrogens is 240 g/mol. The molecule has 0 aromatic carbocycles. The number of amides is 2. The lowest BCUT2D eigenvalue weighted by molar-refractivity contribution is -0.161. The quantitative estimate of drug-likeness (QED) is 0.832. The highest BCUT2D eigenvalue weighted by Crippen LogP contribution is 2.29. The van der Waals surface area contributed by atoms with Crippen LogP contribution in [0.25, 0.3) is 0 Å². The number of carbonyl (C=O) groups excluding carboxylic acids is 2. The number of hydrogen-bond acceptors (Lipinski definition) is 2. The van der Waals surface area contributed by atoms with Crippen LogP contribution in [-0.2, 0) is 9.59 Å². The van der Waals surface area contributed by atoms with E-state index in [0.717, 1.165) is 12.8 Å². The highest BCUT2D eigenvalue weighted by molar-refractivity contribution is 6.01. The van der Waals surface area contributed by atoms with E-state index in [9.17, 15) is 9.59 Å². The predicted octanol–water partition coefficient (Wildman–Crippen LogP) is 2.33. The molecule has 1 aliphatic heterocycles. The van der Waals surface area contributed by atoms with Gasteiger partial charge in [0.25, 0.3) is 0 Å². The average Bonchev–Trinajstić information content (AvgIpc) is 2.33. The molecule has 19 heavy (non-hydrogen) atoms. The second kappa shape index (κ2) is 5.51. The van der Waals surface area contributed by atoms with Gasteiger partial charge >= 0.3 is 0 Å². The second-order valence-electron chi connectivity index (χ2n) is 6.51. The minimum Gasteiger partial charge on any atom is -0.340 e. The van der Waals surface area contributed by atoms with Gasteiger partial charge in [0.15, 0.2) is 0 Å². The molecule has 1 aliphatic rings. The second-order valence-corrected chi connectivity index (χ2v) is 6.51. The lowest BCUT2D eigenvalue weighted by atomic mass is 9.85. The van der Waals surface area contributed by atoms with Crippen molar-refractivity contribution in [3.8, 4) is 0 Å². The van der Waals surface area contributed by atoms with Crippen LogP contribution in [0.15, 0.2) is 0 Å². The van der Waals surface area contributed by atoms with Crippen LogP contribution in [0, 0.1) is 5.92 Å². The normalized spacial score (nSPS) is 28.2. The predicted molar refractivity (Wildman–Crippen MR) is 76.7 cm³/mol. The van der Waals surface area contributed by atoms with Gasteiger partial charge in [0.05, 0.1) is 0 Å². The maximum absolute atomic E-state index is 12.7. The van der Waals surface area contributed by atoms with E-state index in [1.807, 2.05) is 27.7 Å². The van der Waals surface area contributed by atoms with Gasteiger partial charge in [0.2, 0.25) is 11.8 Å². The Kier molecular flexibility index (Phi) is 4.64. The topological polar surface area (TPSA) is 49.4 Å². The first-order valence-corrected chi connectivity index (χ1v) is 7.33. The number of rotatable bonds is 5. The molecule has 4 heteroatoms. The van der Waals surface area contributed by atoms with Crippen molar-refractivity contribution in [2.45, 2.75) is 71.9 Å². The van der Waals surface area contributed by atoms with Gasteiger partial charge in [-0.05, 0) is 39.5 Å². The molecule has 1 heterocycles. The summed E-state index contributed by atoms with van der Waals surface area (Å²) in [5.74, 6) is 0.405. The molecule has 2 amide bonds. The molecule has 0 bridgehead atoms. The Balaban J connectivity index is 3.01. The summed E-state index contributed by atoms with van der Waals surface area (Å²) in [5, 5.41) is 2.89. The number of nitrogens with zero attached hydrogens (tertiary/aromatic N) is 1. The van der Waals surface area contributed by atoms with E-state index >= 15 is 0 Å². The third-order valence-corrected chi connectivity index (χ3v) is 4.32. The van der Waals surface area contributed by atoms with Gasteiger partial charge in [-0.15, -0.1) is 0 Å². The molecule has 0 aromatic heterocycles. The summed E-state index contributed by atoms with van der Waals surface area (Å²) in [7, 11) is 0. The molecule has 2 unspecified atom stereocenters. The molecular formula is C15H28N2O2. The largest absolute Gasteiger partial charge is 0.340 e. The molecule has 1 rings (SSSR count). The molecule has 1 N–H and O–H groups in total. The van der Waals surface area contributed by atoms with E-state index in [0.29, 0.717) is 18.9 Å². The van der Waals surface area contributed by atoms with E-state index in [4.69, 9.17) is 0 Å². The summed E-state index contributed by atoms with van der Waals surface area (Å²) in [4.78, 5) is 26.7. The smallest absolute Gasteiger partial charge is 0.248 e. The van der Waals surface area contributed by atoms with E-state index < -0.39 is 11.1 Å². The van der Waals surface area contributed by atoms with Gasteiger partial charge in [-0.25, -0.2) is 0 Å². The third-order valence-electron chi connectivity index (χ3n) is 4.32. The highest BCUT2D eigenvalue weighted by atomic mass is 16.2. The summed E-state index contributed by atoms with van der Waals surface area (Å²) >= 11 is 0. The monoisotopic (exact) mass is 268 g/mol. The number of carbonyl (C=O) groups is 2. The third kappa shape index (κ3) is 2.93. The van der Waals surface area contributed by atoms with E-state index in [1.54, 1.807) is 4.90 Å². The fraction of sp³-hybridized carbons (Fsp3) is 0.867. The molecule has 1 fully saturated rings. The molecule has 4 nitrogen and oxygen atoms in total. The highest BCUT2D eigenvalue weighted by Gasteiger charge is 2.51. The van der Waals surface area contributed by atoms with Crippen molar-refractivity contribution in [3.05, 3.63) is 0 Å². The summed E-state index contributed by atoms with van der Waals surface area (Å²) in [6.07, 6.45) is 2.79. The van der Waals surface area contributed by atoms with Crippen molar-refractivity contribution in [1.82, 2.24) is 10.2 Å². The Hall–Kier alpha value is -1.06. The minimum absolute atomic E-state index is 0.0440. The maximum atomic E-state index is 12.7. The van der Waals surface area contributed by atoms with Gasteiger partial charge in [0.1, 0.15) is 11.1 Å². The summed E-state index contributed by atoms with van der Waals surface area (Å²) in [6, 6.07) is 0. The molecule has 0 spiro atoms. The van der Waals surface area contributed by atoms with Crippen LogP contribution in [0.5, 0.6) is 0 Å². The molecule has 110 valence electrons. The van der Waals surface area contributed by atoms with Crippen LogP contribution >= 0.6 is 0 Å². The van der Waals surface area contributed by atoms with Gasteiger partial charge in [-0.2, -0.15) is 0 Å². The van der Waals surface area contributed by atoms with E-state index in [-0.39, 0.29) is 11.8 Å². The van der Waals surface area contributed by atoms with Crippen molar-refractivity contribution in [3.63, 3.8) is 0 Å². The standard InChI is InChI=1S/C15H28N2O2/c1-7-9-11(3)10-17-13(19)15(6,8-2)16-12(18)14(17,4)5/h11H,7-10H2,1-6H3,(H,16,18). The van der Waals surface area contributed by atoms with Gasteiger partial charge < -0.3 is 10.2 Å². The van der Waals surface area contributed by atoms with Crippen molar-refractivity contribution in [1.29, 1.82) is 0 Å². The number of hydrogen-bond donors (Lipinski definition) is 1. The molecule has 0 saturated carbocycles. The minimum atomic E-state index is -0.756. The van der Waals surface area contributed by atoms with Crippen LogP contribution in [0.1, 0.15) is 60.8 Å². The van der Waals surface area contributed by atoms with Crippen LogP contribution in [0.4, 0.5) is 0 Å². The molecule has 0 aromatic rings. The van der Waals surface area contributed by atoms with Crippen molar-refractivity contribution in [2.75, 3.05) is 6.54 Å². The Bertz CT molecular complexity index is 365. The van der Waals surface area contributed by atoms with Crippen molar-refractivity contribution in [2.24, 2.45) is 5.92 Å². The SMILES string of the molecule is CCCC(C)CN1C(=O)C(C)(CC)NC(=O)C1(C)C. The molecule has 0 radical (unpaired) electrons. The van der Waals surface area contributed by atoms with Crippen LogP contribution in [0.3, 0.4) is 0 Å². The average molecular weight is 268 g/mol. The maximum Gasteiger partial charge on any atom is 0.248 e.